The van der Waals surface area contributed by atoms with Gasteiger partial charge in [-0.3, -0.25) is 4.79 Å². The van der Waals surface area contributed by atoms with Gasteiger partial charge in [0.2, 0.25) is 0 Å². The summed E-state index contributed by atoms with van der Waals surface area (Å²) in [5, 5.41) is 2.83. The minimum Gasteiger partial charge on any atom is -0.372 e. The van der Waals surface area contributed by atoms with Crippen molar-refractivity contribution in [3.05, 3.63) is 48.2 Å². The van der Waals surface area contributed by atoms with Crippen LogP contribution in [0.25, 0.3) is 0 Å². The van der Waals surface area contributed by atoms with E-state index < -0.39 is 0 Å². The molecule has 0 bridgehead atoms. The molecular formula is C14H15FN4O. The fourth-order valence-corrected chi connectivity index (χ4v) is 1.79. The molecule has 2 aromatic rings. The monoisotopic (exact) mass is 274 g/mol. The summed E-state index contributed by atoms with van der Waals surface area (Å²) in [7, 11) is 1.72. The highest BCUT2D eigenvalue weighted by molar-refractivity contribution is 6.04. The molecule has 6 heteroatoms. The highest BCUT2D eigenvalue weighted by Gasteiger charge is 2.18. The number of aromatic nitrogens is 2. The summed E-state index contributed by atoms with van der Waals surface area (Å²) in [5.74, 6) is -0.117. The molecule has 1 heterocycles. The van der Waals surface area contributed by atoms with E-state index in [9.17, 15) is 9.18 Å². The molecule has 5 nitrogen and oxygen atoms in total. The maximum Gasteiger partial charge on any atom is 0.278 e. The van der Waals surface area contributed by atoms with Gasteiger partial charge in [-0.15, -0.1) is 0 Å². The second-order valence-corrected chi connectivity index (χ2v) is 4.07. The van der Waals surface area contributed by atoms with E-state index in [1.54, 1.807) is 19.2 Å². The van der Waals surface area contributed by atoms with Crippen molar-refractivity contribution in [2.45, 2.75) is 6.92 Å². The van der Waals surface area contributed by atoms with Gasteiger partial charge in [-0.05, 0) is 25.1 Å². The molecule has 1 amide bonds. The van der Waals surface area contributed by atoms with E-state index in [-0.39, 0.29) is 17.4 Å². The average molecular weight is 274 g/mol. The molecule has 20 heavy (non-hydrogen) atoms. The average Bonchev–Trinajstić information content (AvgIpc) is 2.48. The summed E-state index contributed by atoms with van der Waals surface area (Å²) in [6.07, 6.45) is 2.88. The van der Waals surface area contributed by atoms with Crippen molar-refractivity contribution in [2.75, 3.05) is 23.8 Å². The van der Waals surface area contributed by atoms with Crippen LogP contribution in [0.3, 0.4) is 0 Å². The Morgan fingerprint density at radius 1 is 1.35 bits per heavy atom. The van der Waals surface area contributed by atoms with Gasteiger partial charge in [-0.1, -0.05) is 6.07 Å². The topological polar surface area (TPSA) is 58.1 Å². The summed E-state index contributed by atoms with van der Waals surface area (Å²) in [5.41, 5.74) is 0.715. The molecule has 0 unspecified atom stereocenters. The first-order valence-corrected chi connectivity index (χ1v) is 6.23. The van der Waals surface area contributed by atoms with Crippen LogP contribution in [0.15, 0.2) is 36.7 Å². The Hall–Kier alpha value is -2.50. The van der Waals surface area contributed by atoms with Gasteiger partial charge in [-0.2, -0.15) is 0 Å². The third-order valence-corrected chi connectivity index (χ3v) is 2.81. The molecule has 0 saturated heterocycles. The lowest BCUT2D eigenvalue weighted by atomic mass is 10.2. The predicted molar refractivity (Wildman–Crippen MR) is 75.3 cm³/mol. The summed E-state index contributed by atoms with van der Waals surface area (Å²) < 4.78 is 13.3. The molecule has 0 aliphatic carbocycles. The number of benzene rings is 1. The van der Waals surface area contributed by atoms with Crippen molar-refractivity contribution >= 4 is 17.4 Å². The lowest BCUT2D eigenvalue weighted by Crippen LogP contribution is -2.31. The normalized spacial score (nSPS) is 10.2. The Labute approximate surface area is 116 Å². The van der Waals surface area contributed by atoms with E-state index in [0.717, 1.165) is 0 Å². The second-order valence-electron chi connectivity index (χ2n) is 4.07. The number of amides is 1. The van der Waals surface area contributed by atoms with Gasteiger partial charge in [0.25, 0.3) is 5.91 Å². The Kier molecular flexibility index (Phi) is 4.24. The van der Waals surface area contributed by atoms with Crippen LogP contribution in [-0.4, -0.2) is 29.5 Å². The molecular weight excluding hydrogens is 259 g/mol. The fourth-order valence-electron chi connectivity index (χ4n) is 1.79. The zero-order chi connectivity index (χ0) is 14.5. The van der Waals surface area contributed by atoms with Crippen molar-refractivity contribution in [1.29, 1.82) is 0 Å². The summed E-state index contributed by atoms with van der Waals surface area (Å²) in [6.45, 7) is 2.23. The molecule has 1 N–H and O–H groups in total. The molecule has 0 atom stereocenters. The summed E-state index contributed by atoms with van der Waals surface area (Å²) in [4.78, 5) is 21.9. The maximum atomic E-state index is 13.3. The molecule has 0 aliphatic rings. The Morgan fingerprint density at radius 2 is 2.15 bits per heavy atom. The SMILES string of the molecule is CCN(C(=O)c1cnc(NC)cn1)c1cccc(F)c1. The van der Waals surface area contributed by atoms with Crippen LogP contribution < -0.4 is 10.2 Å². The molecule has 2 rings (SSSR count). The number of carbonyl (C=O) groups is 1. The van der Waals surface area contributed by atoms with Crippen LogP contribution in [-0.2, 0) is 0 Å². The first-order valence-electron chi connectivity index (χ1n) is 6.23. The summed E-state index contributed by atoms with van der Waals surface area (Å²) in [6, 6.07) is 5.90. The number of anilines is 2. The fraction of sp³-hybridized carbons (Fsp3) is 0.214. The lowest BCUT2D eigenvalue weighted by Gasteiger charge is -2.20. The Bertz CT molecular complexity index is 600. The van der Waals surface area contributed by atoms with Gasteiger partial charge in [0.1, 0.15) is 17.3 Å². The molecule has 0 aliphatic heterocycles. The van der Waals surface area contributed by atoms with Crippen LogP contribution in [0.4, 0.5) is 15.9 Å². The number of hydrogen-bond donors (Lipinski definition) is 1. The van der Waals surface area contributed by atoms with E-state index >= 15 is 0 Å². The van der Waals surface area contributed by atoms with Crippen molar-refractivity contribution in [2.24, 2.45) is 0 Å². The van der Waals surface area contributed by atoms with Crippen LogP contribution in [0.5, 0.6) is 0 Å². The van der Waals surface area contributed by atoms with Crippen LogP contribution >= 0.6 is 0 Å². The second kappa shape index (κ2) is 6.10. The molecule has 1 aromatic heterocycles. The molecule has 0 fully saturated rings. The molecule has 0 spiro atoms. The molecule has 0 saturated carbocycles. The number of carbonyl (C=O) groups excluding carboxylic acids is 1. The van der Waals surface area contributed by atoms with Crippen LogP contribution in [0.1, 0.15) is 17.4 Å². The van der Waals surface area contributed by atoms with E-state index in [1.165, 1.54) is 29.4 Å². The third kappa shape index (κ3) is 2.90. The molecule has 104 valence electrons. The quantitative estimate of drug-likeness (QED) is 0.929. The zero-order valence-electron chi connectivity index (χ0n) is 11.3. The smallest absolute Gasteiger partial charge is 0.278 e. The van der Waals surface area contributed by atoms with Crippen LogP contribution in [0, 0.1) is 5.82 Å². The first kappa shape index (κ1) is 13.9. The van der Waals surface area contributed by atoms with Gasteiger partial charge in [-0.25, -0.2) is 14.4 Å². The number of nitrogens with zero attached hydrogens (tertiary/aromatic N) is 3. The van der Waals surface area contributed by atoms with Crippen LogP contribution in [0.2, 0.25) is 0 Å². The van der Waals surface area contributed by atoms with Gasteiger partial charge >= 0.3 is 0 Å². The Morgan fingerprint density at radius 3 is 2.70 bits per heavy atom. The third-order valence-electron chi connectivity index (χ3n) is 2.81. The maximum absolute atomic E-state index is 13.3. The minimum atomic E-state index is -0.384. The molecule has 1 aromatic carbocycles. The number of hydrogen-bond acceptors (Lipinski definition) is 4. The zero-order valence-corrected chi connectivity index (χ0v) is 11.3. The number of halogens is 1. The van der Waals surface area contributed by atoms with E-state index in [4.69, 9.17) is 0 Å². The van der Waals surface area contributed by atoms with Gasteiger partial charge in [0.15, 0.2) is 0 Å². The van der Waals surface area contributed by atoms with E-state index in [2.05, 4.69) is 15.3 Å². The standard InChI is InChI=1S/C14H15FN4O/c1-3-19(11-6-4-5-10(15)7-11)14(20)12-8-18-13(16-2)9-17-12/h4-9H,3H2,1-2H3,(H,16,18). The van der Waals surface area contributed by atoms with Crippen molar-refractivity contribution in [3.63, 3.8) is 0 Å². The highest BCUT2D eigenvalue weighted by Crippen LogP contribution is 2.17. The summed E-state index contributed by atoms with van der Waals surface area (Å²) >= 11 is 0. The largest absolute Gasteiger partial charge is 0.372 e. The van der Waals surface area contributed by atoms with Gasteiger partial charge < -0.3 is 10.2 Å². The van der Waals surface area contributed by atoms with Gasteiger partial charge in [0, 0.05) is 19.3 Å². The van der Waals surface area contributed by atoms with Crippen molar-refractivity contribution < 1.29 is 9.18 Å². The minimum absolute atomic E-state index is 0.218. The number of rotatable bonds is 4. The highest BCUT2D eigenvalue weighted by atomic mass is 19.1. The molecule has 0 radical (unpaired) electrons. The van der Waals surface area contributed by atoms with E-state index in [0.29, 0.717) is 18.1 Å². The number of nitrogens with one attached hydrogen (secondary N) is 1. The van der Waals surface area contributed by atoms with Crippen molar-refractivity contribution in [1.82, 2.24) is 9.97 Å². The van der Waals surface area contributed by atoms with Gasteiger partial charge in [0.05, 0.1) is 12.4 Å². The van der Waals surface area contributed by atoms with E-state index in [1.807, 2.05) is 6.92 Å². The lowest BCUT2D eigenvalue weighted by molar-refractivity contribution is 0.0983. The first-order chi connectivity index (χ1) is 9.65. The van der Waals surface area contributed by atoms with Crippen molar-refractivity contribution in [3.8, 4) is 0 Å². The predicted octanol–water partition coefficient (Wildman–Crippen LogP) is 2.32. The Balaban J connectivity index is 2.28.